The highest BCUT2D eigenvalue weighted by Crippen LogP contribution is 2.26. The smallest absolute Gasteiger partial charge is 0.410 e. The molecule has 1 aromatic carbocycles. The number of rotatable bonds is 6. The number of benzene rings is 1. The zero-order valence-electron chi connectivity index (χ0n) is 16.6. The molecular weight excluding hydrogens is 354 g/mol. The predicted molar refractivity (Wildman–Crippen MR) is 99.8 cm³/mol. The summed E-state index contributed by atoms with van der Waals surface area (Å²) in [7, 11) is 0. The van der Waals surface area contributed by atoms with Crippen LogP contribution in [0.5, 0.6) is 5.75 Å². The van der Waals surface area contributed by atoms with E-state index in [0.29, 0.717) is 26.2 Å². The van der Waals surface area contributed by atoms with Gasteiger partial charge in [-0.3, -0.25) is 0 Å². The lowest BCUT2D eigenvalue weighted by Crippen LogP contribution is -2.53. The molecule has 0 aromatic heterocycles. The topological polar surface area (TPSA) is 50.8 Å². The Morgan fingerprint density at radius 3 is 2.74 bits per heavy atom. The second kappa shape index (κ2) is 9.35. The van der Waals surface area contributed by atoms with Crippen LogP contribution in [0.3, 0.4) is 0 Å². The number of piperazine rings is 1. The molecule has 2 rings (SSSR count). The number of hydrogen-bond donors (Lipinski definition) is 1. The lowest BCUT2D eigenvalue weighted by Gasteiger charge is -2.34. The first kappa shape index (κ1) is 21.4. The molecule has 0 saturated carbocycles. The maximum absolute atomic E-state index is 14.6. The van der Waals surface area contributed by atoms with Gasteiger partial charge in [0.1, 0.15) is 12.4 Å². The molecule has 0 spiro atoms. The van der Waals surface area contributed by atoms with Gasteiger partial charge in [-0.15, -0.1) is 0 Å². The van der Waals surface area contributed by atoms with Crippen molar-refractivity contribution in [3.63, 3.8) is 0 Å². The van der Waals surface area contributed by atoms with Crippen molar-refractivity contribution in [1.29, 1.82) is 0 Å². The van der Waals surface area contributed by atoms with Crippen molar-refractivity contribution in [3.8, 4) is 5.75 Å². The van der Waals surface area contributed by atoms with Gasteiger partial charge in [0.25, 0.3) is 0 Å². The molecular formula is C20H30F2N2O3. The molecule has 1 aliphatic heterocycles. The Balaban J connectivity index is 2.00. The van der Waals surface area contributed by atoms with Crippen molar-refractivity contribution in [1.82, 2.24) is 10.2 Å². The van der Waals surface area contributed by atoms with Gasteiger partial charge in [0.05, 0.1) is 12.2 Å². The first-order valence-electron chi connectivity index (χ1n) is 9.46. The van der Waals surface area contributed by atoms with Crippen molar-refractivity contribution < 1.29 is 23.0 Å². The summed E-state index contributed by atoms with van der Waals surface area (Å²) in [5.41, 5.74) is -0.242. The minimum Gasteiger partial charge on any atom is -0.490 e. The van der Waals surface area contributed by atoms with E-state index in [4.69, 9.17) is 9.47 Å². The van der Waals surface area contributed by atoms with Crippen molar-refractivity contribution in [2.24, 2.45) is 5.41 Å². The summed E-state index contributed by atoms with van der Waals surface area (Å²) in [6.45, 7) is 9.88. The Labute approximate surface area is 160 Å². The van der Waals surface area contributed by atoms with Crippen LogP contribution in [0.15, 0.2) is 12.1 Å². The zero-order chi connectivity index (χ0) is 20.0. The molecule has 0 aliphatic carbocycles. The van der Waals surface area contributed by atoms with E-state index in [9.17, 15) is 13.6 Å². The second-order valence-corrected chi connectivity index (χ2v) is 8.01. The molecule has 1 unspecified atom stereocenters. The molecule has 152 valence electrons. The first-order chi connectivity index (χ1) is 12.7. The fourth-order valence-electron chi connectivity index (χ4n) is 2.87. The lowest BCUT2D eigenvalue weighted by molar-refractivity contribution is 0.0697. The molecule has 1 atom stereocenters. The molecule has 1 aromatic rings. The molecule has 7 heteroatoms. The van der Waals surface area contributed by atoms with E-state index in [-0.39, 0.29) is 22.8 Å². The minimum atomic E-state index is -0.816. The van der Waals surface area contributed by atoms with Crippen molar-refractivity contribution in [2.75, 3.05) is 26.2 Å². The fraction of sp³-hybridized carbons (Fsp3) is 0.650. The normalized spacial score (nSPS) is 17.7. The summed E-state index contributed by atoms with van der Waals surface area (Å²) in [6.07, 6.45) is 0.957. The van der Waals surface area contributed by atoms with Gasteiger partial charge in [-0.2, -0.15) is 0 Å². The number of ether oxygens (including phenoxy) is 2. The number of hydrogen-bond acceptors (Lipinski definition) is 4. The van der Waals surface area contributed by atoms with Crippen LogP contribution in [-0.2, 0) is 11.3 Å². The largest absolute Gasteiger partial charge is 0.490 e. The maximum Gasteiger partial charge on any atom is 0.410 e. The number of nitrogens with zero attached hydrogens (tertiary/aromatic N) is 1. The summed E-state index contributed by atoms with van der Waals surface area (Å²) in [5, 5.41) is 3.21. The van der Waals surface area contributed by atoms with E-state index in [1.165, 1.54) is 6.07 Å². The molecule has 5 nitrogen and oxygen atoms in total. The van der Waals surface area contributed by atoms with E-state index in [0.717, 1.165) is 18.9 Å². The van der Waals surface area contributed by atoms with Gasteiger partial charge in [0.15, 0.2) is 11.6 Å². The van der Waals surface area contributed by atoms with Crippen molar-refractivity contribution >= 4 is 6.09 Å². The Kier molecular flexibility index (Phi) is 7.41. The van der Waals surface area contributed by atoms with Crippen molar-refractivity contribution in [2.45, 2.75) is 53.2 Å². The van der Waals surface area contributed by atoms with Gasteiger partial charge >= 0.3 is 6.09 Å². The zero-order valence-corrected chi connectivity index (χ0v) is 16.6. The van der Waals surface area contributed by atoms with Gasteiger partial charge in [-0.25, -0.2) is 13.6 Å². The summed E-state index contributed by atoms with van der Waals surface area (Å²) < 4.78 is 39.3. The number of amides is 1. The molecule has 1 amide bonds. The molecule has 1 N–H and O–H groups in total. The summed E-state index contributed by atoms with van der Waals surface area (Å²) in [6, 6.07) is 2.42. The summed E-state index contributed by atoms with van der Waals surface area (Å²) in [4.78, 5) is 13.9. The quantitative estimate of drug-likeness (QED) is 0.802. The van der Waals surface area contributed by atoms with Crippen LogP contribution in [0.25, 0.3) is 0 Å². The Morgan fingerprint density at radius 2 is 2.07 bits per heavy atom. The predicted octanol–water partition coefficient (Wildman–Crippen LogP) is 4.10. The molecule has 27 heavy (non-hydrogen) atoms. The summed E-state index contributed by atoms with van der Waals surface area (Å²) in [5.74, 6) is -1.60. The second-order valence-electron chi connectivity index (χ2n) is 8.01. The van der Waals surface area contributed by atoms with E-state index in [2.05, 4.69) is 26.1 Å². The Hall–Kier alpha value is -1.89. The van der Waals surface area contributed by atoms with Crippen LogP contribution in [-0.4, -0.2) is 43.3 Å². The average Bonchev–Trinajstić information content (AvgIpc) is 2.62. The van der Waals surface area contributed by atoms with Crippen LogP contribution in [0.2, 0.25) is 0 Å². The molecule has 1 aliphatic rings. The van der Waals surface area contributed by atoms with Gasteiger partial charge in [-0.1, -0.05) is 27.7 Å². The number of carbonyl (C=O) groups is 1. The Morgan fingerprint density at radius 1 is 1.33 bits per heavy atom. The molecule has 1 saturated heterocycles. The average molecular weight is 384 g/mol. The van der Waals surface area contributed by atoms with Crippen LogP contribution in [0, 0.1) is 17.0 Å². The van der Waals surface area contributed by atoms with E-state index >= 15 is 0 Å². The molecule has 0 bridgehead atoms. The number of halogens is 2. The fourth-order valence-corrected chi connectivity index (χ4v) is 2.87. The highest BCUT2D eigenvalue weighted by Gasteiger charge is 2.27. The molecule has 1 fully saturated rings. The van der Waals surface area contributed by atoms with Crippen LogP contribution < -0.4 is 10.1 Å². The highest BCUT2D eigenvalue weighted by molar-refractivity contribution is 5.68. The SMILES string of the molecule is CCC1CNCCN1C(=O)OCc1c(F)ccc(OCCC(C)(C)C)c1F. The van der Waals surface area contributed by atoms with Gasteiger partial charge < -0.3 is 19.7 Å². The van der Waals surface area contributed by atoms with E-state index in [1.807, 2.05) is 6.92 Å². The maximum atomic E-state index is 14.6. The Bertz CT molecular complexity index is 647. The third-order valence-corrected chi connectivity index (χ3v) is 4.66. The van der Waals surface area contributed by atoms with Crippen LogP contribution >= 0.6 is 0 Å². The van der Waals surface area contributed by atoms with Gasteiger partial charge in [0, 0.05) is 25.7 Å². The lowest BCUT2D eigenvalue weighted by atomic mass is 9.93. The van der Waals surface area contributed by atoms with Crippen LogP contribution in [0.1, 0.15) is 46.1 Å². The van der Waals surface area contributed by atoms with E-state index < -0.39 is 24.3 Å². The van der Waals surface area contributed by atoms with E-state index in [1.54, 1.807) is 4.90 Å². The number of carbonyl (C=O) groups excluding carboxylic acids is 1. The third-order valence-electron chi connectivity index (χ3n) is 4.66. The van der Waals surface area contributed by atoms with Gasteiger partial charge in [0.2, 0.25) is 0 Å². The summed E-state index contributed by atoms with van der Waals surface area (Å²) >= 11 is 0. The standard InChI is InChI=1S/C20H30F2N2O3/c1-5-14-12-23-9-10-24(14)19(25)27-13-15-16(21)6-7-17(18(15)22)26-11-8-20(2,3)4/h6-7,14,23H,5,8-13H2,1-4H3. The number of nitrogens with one attached hydrogen (secondary N) is 1. The van der Waals surface area contributed by atoms with Crippen molar-refractivity contribution in [3.05, 3.63) is 29.3 Å². The highest BCUT2D eigenvalue weighted by atomic mass is 19.1. The van der Waals surface area contributed by atoms with Gasteiger partial charge in [-0.05, 0) is 30.4 Å². The monoisotopic (exact) mass is 384 g/mol. The molecule has 1 heterocycles. The molecule has 0 radical (unpaired) electrons. The first-order valence-corrected chi connectivity index (χ1v) is 9.46. The van der Waals surface area contributed by atoms with Crippen LogP contribution in [0.4, 0.5) is 13.6 Å². The third kappa shape index (κ3) is 6.06. The minimum absolute atomic E-state index is 0.0213.